The molecule has 0 aliphatic carbocycles. The highest BCUT2D eigenvalue weighted by molar-refractivity contribution is 7.89. The van der Waals surface area contributed by atoms with Gasteiger partial charge in [-0.1, -0.05) is 70.0 Å². The van der Waals surface area contributed by atoms with Crippen molar-refractivity contribution in [2.24, 2.45) is 0 Å². The first-order valence-electron chi connectivity index (χ1n) is 14.6. The van der Waals surface area contributed by atoms with Crippen LogP contribution in [0.15, 0.2) is 71.6 Å². The summed E-state index contributed by atoms with van der Waals surface area (Å²) in [4.78, 5) is 29.5. The van der Waals surface area contributed by atoms with Gasteiger partial charge < -0.3 is 9.84 Å². The van der Waals surface area contributed by atoms with E-state index in [1.54, 1.807) is 32.9 Å². The summed E-state index contributed by atoms with van der Waals surface area (Å²) in [7, 11) is -4.21. The molecular formula is C33H42FN3O6S. The van der Waals surface area contributed by atoms with Gasteiger partial charge in [0.25, 0.3) is 0 Å². The van der Waals surface area contributed by atoms with E-state index in [-0.39, 0.29) is 34.9 Å². The second kappa shape index (κ2) is 14.3. The van der Waals surface area contributed by atoms with Crippen molar-refractivity contribution in [3.05, 3.63) is 89.4 Å². The highest BCUT2D eigenvalue weighted by Crippen LogP contribution is 2.30. The van der Waals surface area contributed by atoms with Gasteiger partial charge in [-0.05, 0) is 74.1 Å². The van der Waals surface area contributed by atoms with Crippen molar-refractivity contribution in [3.63, 3.8) is 0 Å². The number of halogens is 1. The fraction of sp³-hybridized carbons (Fsp3) is 0.424. The predicted molar refractivity (Wildman–Crippen MR) is 167 cm³/mol. The normalized spacial score (nSPS) is 12.3. The first kappa shape index (κ1) is 34.7. The number of aliphatic carboxylic acids is 1. The molecule has 1 N–H and O–H groups in total. The third kappa shape index (κ3) is 9.59. The maximum Gasteiger partial charge on any atom is 0.416 e. The van der Waals surface area contributed by atoms with E-state index in [0.717, 1.165) is 41.4 Å². The lowest BCUT2D eigenvalue weighted by atomic mass is 9.80. The van der Waals surface area contributed by atoms with Crippen LogP contribution in [0.25, 0.3) is 0 Å². The van der Waals surface area contributed by atoms with Crippen LogP contribution >= 0.6 is 0 Å². The number of carbonyl (C=O) groups is 2. The van der Waals surface area contributed by atoms with Gasteiger partial charge in [-0.25, -0.2) is 22.6 Å². The molecule has 1 amide bonds. The number of amides is 1. The van der Waals surface area contributed by atoms with Crippen LogP contribution in [0.1, 0.15) is 77.6 Å². The number of hydrogen-bond acceptors (Lipinski definition) is 6. The molecule has 44 heavy (non-hydrogen) atoms. The summed E-state index contributed by atoms with van der Waals surface area (Å²) in [6, 6.07) is 17.1. The van der Waals surface area contributed by atoms with Gasteiger partial charge in [0.05, 0.1) is 17.1 Å². The second-order valence-electron chi connectivity index (χ2n) is 12.4. The van der Waals surface area contributed by atoms with Crippen molar-refractivity contribution < 1.29 is 32.2 Å². The molecule has 0 saturated heterocycles. The van der Waals surface area contributed by atoms with E-state index in [0.29, 0.717) is 0 Å². The molecule has 0 radical (unpaired) electrons. The molecule has 0 spiro atoms. The maximum atomic E-state index is 14.1. The summed E-state index contributed by atoms with van der Waals surface area (Å²) in [5.74, 6) is -1.98. The number of pyridine rings is 1. The van der Waals surface area contributed by atoms with E-state index in [9.17, 15) is 27.5 Å². The predicted octanol–water partition coefficient (Wildman–Crippen LogP) is 6.91. The quantitative estimate of drug-likeness (QED) is 0.219. The van der Waals surface area contributed by atoms with Gasteiger partial charge in [0, 0.05) is 6.54 Å². The third-order valence-corrected chi connectivity index (χ3v) is 8.79. The van der Waals surface area contributed by atoms with Gasteiger partial charge in [-0.3, -0.25) is 9.69 Å². The number of hydrogen-bond donors (Lipinski definition) is 1. The summed E-state index contributed by atoms with van der Waals surface area (Å²) in [5, 5.41) is 9.44. The smallest absolute Gasteiger partial charge is 0.416 e. The molecule has 1 aromatic heterocycles. The van der Waals surface area contributed by atoms with E-state index < -0.39 is 40.0 Å². The minimum atomic E-state index is -4.21. The molecule has 0 unspecified atom stereocenters. The zero-order chi connectivity index (χ0) is 32.7. The lowest BCUT2D eigenvalue weighted by molar-refractivity contribution is -0.135. The minimum Gasteiger partial charge on any atom is -0.480 e. The number of sulfonamides is 1. The largest absolute Gasteiger partial charge is 0.480 e. The first-order chi connectivity index (χ1) is 20.5. The summed E-state index contributed by atoms with van der Waals surface area (Å²) in [6.45, 7) is 10.5. The van der Waals surface area contributed by atoms with Crippen LogP contribution in [-0.4, -0.2) is 47.0 Å². The van der Waals surface area contributed by atoms with Crippen molar-refractivity contribution in [2.45, 2.75) is 89.8 Å². The standard InChI is InChI=1S/C33H42FN3O6S/c1-7-8-19-33(5,6)25-17-15-24(16-18-25)21-36(44(41,42)28-13-9-11-26(34)20-28)22-27-12-10-14-29(35-27)37(23-30(38)39)31(40)43-32(2,3)4/h9-18,20H,7-8,19,21-23H2,1-6H3,(H,38,39). The van der Waals surface area contributed by atoms with Crippen molar-refractivity contribution in [3.8, 4) is 0 Å². The number of carboxylic acids is 1. The van der Waals surface area contributed by atoms with Crippen LogP contribution in [0.4, 0.5) is 15.0 Å². The Balaban J connectivity index is 1.99. The average molecular weight is 628 g/mol. The number of rotatable bonds is 13. The number of carbonyl (C=O) groups excluding carboxylic acids is 1. The third-order valence-electron chi connectivity index (χ3n) is 7.00. The molecule has 9 nitrogen and oxygen atoms in total. The molecule has 0 fully saturated rings. The molecule has 238 valence electrons. The fourth-order valence-electron chi connectivity index (χ4n) is 4.61. The van der Waals surface area contributed by atoms with Crippen LogP contribution < -0.4 is 4.90 Å². The Morgan fingerprint density at radius 2 is 1.61 bits per heavy atom. The van der Waals surface area contributed by atoms with Crippen molar-refractivity contribution in [2.75, 3.05) is 11.4 Å². The van der Waals surface area contributed by atoms with E-state index in [1.165, 1.54) is 28.6 Å². The molecule has 0 aliphatic heterocycles. The monoisotopic (exact) mass is 627 g/mol. The van der Waals surface area contributed by atoms with Gasteiger partial charge >= 0.3 is 12.1 Å². The molecule has 0 saturated carbocycles. The summed E-state index contributed by atoms with van der Waals surface area (Å²) in [6.07, 6.45) is 2.30. The van der Waals surface area contributed by atoms with Crippen LogP contribution in [-0.2, 0) is 38.1 Å². The second-order valence-corrected chi connectivity index (χ2v) is 14.3. The summed E-state index contributed by atoms with van der Waals surface area (Å²) in [5.41, 5.74) is 1.19. The molecule has 3 rings (SSSR count). The molecule has 2 aromatic carbocycles. The maximum absolute atomic E-state index is 14.1. The average Bonchev–Trinajstić information content (AvgIpc) is 2.94. The highest BCUT2D eigenvalue weighted by Gasteiger charge is 2.29. The van der Waals surface area contributed by atoms with Crippen LogP contribution in [0, 0.1) is 5.82 Å². The molecule has 0 atom stereocenters. The minimum absolute atomic E-state index is 0.0130. The SMILES string of the molecule is CCCCC(C)(C)c1ccc(CN(Cc2cccc(N(CC(=O)O)C(=O)OC(C)(C)C)n2)S(=O)(=O)c2cccc(F)c2)cc1. The molecular weight excluding hydrogens is 585 g/mol. The molecule has 11 heteroatoms. The number of ether oxygens (including phenoxy) is 1. The van der Waals surface area contributed by atoms with Gasteiger partial charge in [-0.2, -0.15) is 4.31 Å². The number of anilines is 1. The Bertz CT molecular complexity index is 1550. The lowest BCUT2D eigenvalue weighted by Crippen LogP contribution is -2.40. The summed E-state index contributed by atoms with van der Waals surface area (Å²) >= 11 is 0. The van der Waals surface area contributed by atoms with Gasteiger partial charge in [0.1, 0.15) is 23.8 Å². The van der Waals surface area contributed by atoms with E-state index in [4.69, 9.17) is 4.74 Å². The zero-order valence-corrected chi connectivity index (χ0v) is 27.0. The van der Waals surface area contributed by atoms with Crippen molar-refractivity contribution in [1.29, 1.82) is 0 Å². The van der Waals surface area contributed by atoms with Gasteiger partial charge in [-0.15, -0.1) is 0 Å². The van der Waals surface area contributed by atoms with Gasteiger partial charge in [0.2, 0.25) is 10.0 Å². The topological polar surface area (TPSA) is 117 Å². The van der Waals surface area contributed by atoms with Crippen molar-refractivity contribution in [1.82, 2.24) is 9.29 Å². The number of unbranched alkanes of at least 4 members (excludes halogenated alkanes) is 1. The number of carboxylic acid groups (broad SMARTS) is 1. The first-order valence-corrected chi connectivity index (χ1v) is 16.0. The zero-order valence-electron chi connectivity index (χ0n) is 26.2. The highest BCUT2D eigenvalue weighted by atomic mass is 32.2. The van der Waals surface area contributed by atoms with Crippen LogP contribution in [0.2, 0.25) is 0 Å². The number of benzene rings is 2. The Kier molecular flexibility index (Phi) is 11.3. The van der Waals surface area contributed by atoms with Gasteiger partial charge in [0.15, 0.2) is 0 Å². The molecule has 0 bridgehead atoms. The molecule has 1 heterocycles. The fourth-order valence-corrected chi connectivity index (χ4v) is 6.04. The Labute approximate surface area is 259 Å². The molecule has 3 aromatic rings. The number of aromatic nitrogens is 1. The lowest BCUT2D eigenvalue weighted by Gasteiger charge is -2.27. The van der Waals surface area contributed by atoms with Crippen molar-refractivity contribution >= 4 is 27.9 Å². The Morgan fingerprint density at radius 1 is 0.955 bits per heavy atom. The Morgan fingerprint density at radius 3 is 2.20 bits per heavy atom. The van der Waals surface area contributed by atoms with E-state index >= 15 is 0 Å². The van der Waals surface area contributed by atoms with Crippen LogP contribution in [0.5, 0.6) is 0 Å². The van der Waals surface area contributed by atoms with E-state index in [1.807, 2.05) is 24.3 Å². The van der Waals surface area contributed by atoms with E-state index in [2.05, 4.69) is 25.8 Å². The van der Waals surface area contributed by atoms with Crippen LogP contribution in [0.3, 0.4) is 0 Å². The Hall–Kier alpha value is -3.83. The molecule has 0 aliphatic rings. The summed E-state index contributed by atoms with van der Waals surface area (Å²) < 4.78 is 48.3. The number of nitrogens with zero attached hydrogens (tertiary/aromatic N) is 3.